The first-order chi connectivity index (χ1) is 8.50. The highest BCUT2D eigenvalue weighted by Gasteiger charge is 2.44. The van der Waals surface area contributed by atoms with Crippen molar-refractivity contribution in [2.75, 3.05) is 19.6 Å². The average Bonchev–Trinajstić information content (AvgIpc) is 2.63. The Morgan fingerprint density at radius 3 is 2.74 bits per heavy atom. The summed E-state index contributed by atoms with van der Waals surface area (Å²) in [6, 6.07) is 3.69. The van der Waals surface area contributed by atoms with Gasteiger partial charge < -0.3 is 10.2 Å². The lowest BCUT2D eigenvalue weighted by Gasteiger charge is -2.30. The van der Waals surface area contributed by atoms with Crippen LogP contribution in [0.5, 0.6) is 0 Å². The highest BCUT2D eigenvalue weighted by Crippen LogP contribution is 2.41. The molecule has 2 heterocycles. The number of hydrogen-bond donors (Lipinski definition) is 1. The highest BCUT2D eigenvalue weighted by atomic mass is 35.5. The Morgan fingerprint density at radius 2 is 2.05 bits per heavy atom. The first-order valence-corrected chi connectivity index (χ1v) is 5.72. The minimum atomic E-state index is -4.48. The Labute approximate surface area is 114 Å². The van der Waals surface area contributed by atoms with E-state index in [4.69, 9.17) is 0 Å². The summed E-state index contributed by atoms with van der Waals surface area (Å²) in [7, 11) is 0. The molecule has 19 heavy (non-hydrogen) atoms. The zero-order chi connectivity index (χ0) is 12.9. The van der Waals surface area contributed by atoms with E-state index in [2.05, 4.69) is 5.32 Å². The van der Waals surface area contributed by atoms with E-state index in [1.54, 1.807) is 6.07 Å². The molecule has 1 saturated heterocycles. The minimum Gasteiger partial charge on any atom is -0.329 e. The predicted octanol–water partition coefficient (Wildman–Crippen LogP) is 2.23. The Bertz CT molecular complexity index is 518. The van der Waals surface area contributed by atoms with Gasteiger partial charge >= 0.3 is 6.18 Å². The highest BCUT2D eigenvalue weighted by molar-refractivity contribution is 6.01. The minimum absolute atomic E-state index is 0. The molecule has 2 aliphatic heterocycles. The van der Waals surface area contributed by atoms with Gasteiger partial charge in [0.1, 0.15) is 0 Å². The third kappa shape index (κ3) is 2.08. The Balaban J connectivity index is 0.00000133. The summed E-state index contributed by atoms with van der Waals surface area (Å²) in [5.41, 5.74) is -0.500. The second-order valence-corrected chi connectivity index (χ2v) is 4.49. The van der Waals surface area contributed by atoms with Crippen LogP contribution in [0.3, 0.4) is 0 Å². The Morgan fingerprint density at radius 1 is 1.32 bits per heavy atom. The zero-order valence-corrected chi connectivity index (χ0v) is 10.6. The van der Waals surface area contributed by atoms with Gasteiger partial charge in [-0.2, -0.15) is 13.2 Å². The topological polar surface area (TPSA) is 32.3 Å². The van der Waals surface area contributed by atoms with Crippen molar-refractivity contribution in [2.24, 2.45) is 0 Å². The zero-order valence-electron chi connectivity index (χ0n) is 9.83. The maximum Gasteiger partial charge on any atom is 0.417 e. The quantitative estimate of drug-likeness (QED) is 0.795. The van der Waals surface area contributed by atoms with Crippen LogP contribution in [0.1, 0.15) is 27.5 Å². The molecule has 1 aromatic rings. The fraction of sp³-hybridized carbons (Fsp3) is 0.417. The third-order valence-electron chi connectivity index (χ3n) is 3.48. The molecule has 1 unspecified atom stereocenters. The largest absolute Gasteiger partial charge is 0.417 e. The standard InChI is InChI=1S/C12H11F3N2O.ClH/c13-12(14,15)8-3-1-2-7-9-6-16-4-5-17(9)11(18)10(7)8;/h1-3,9,16H,4-6H2;1H. The van der Waals surface area contributed by atoms with Crippen LogP contribution in [-0.2, 0) is 6.18 Å². The van der Waals surface area contributed by atoms with E-state index in [-0.39, 0.29) is 24.0 Å². The first-order valence-electron chi connectivity index (χ1n) is 5.72. The smallest absolute Gasteiger partial charge is 0.329 e. The summed E-state index contributed by atoms with van der Waals surface area (Å²) in [5, 5.41) is 3.10. The van der Waals surface area contributed by atoms with Gasteiger partial charge in [-0.3, -0.25) is 4.79 Å². The summed E-state index contributed by atoms with van der Waals surface area (Å²) < 4.78 is 38.7. The van der Waals surface area contributed by atoms with Crippen LogP contribution >= 0.6 is 12.4 Å². The number of nitrogens with zero attached hydrogens (tertiary/aromatic N) is 1. The number of fused-ring (bicyclic) bond motifs is 3. The molecular formula is C12H12ClF3N2O. The second-order valence-electron chi connectivity index (χ2n) is 4.49. The number of piperazine rings is 1. The molecule has 104 valence electrons. The van der Waals surface area contributed by atoms with Crippen LogP contribution in [0.4, 0.5) is 13.2 Å². The predicted molar refractivity (Wildman–Crippen MR) is 65.3 cm³/mol. The van der Waals surface area contributed by atoms with Crippen LogP contribution in [0, 0.1) is 0 Å². The molecule has 3 nitrogen and oxygen atoms in total. The number of carbonyl (C=O) groups is 1. The normalized spacial score (nSPS) is 21.7. The molecule has 2 aliphatic rings. The second kappa shape index (κ2) is 4.68. The maximum absolute atomic E-state index is 12.9. The molecule has 0 radical (unpaired) electrons. The molecule has 0 aliphatic carbocycles. The van der Waals surface area contributed by atoms with Gasteiger partial charge in [0.15, 0.2) is 0 Å². The fourth-order valence-corrected chi connectivity index (χ4v) is 2.69. The molecule has 1 aromatic carbocycles. The molecule has 1 atom stereocenters. The summed E-state index contributed by atoms with van der Waals surface area (Å²) in [6.45, 7) is 1.59. The van der Waals surface area contributed by atoms with Crippen LogP contribution < -0.4 is 5.32 Å². The van der Waals surface area contributed by atoms with Crippen LogP contribution in [0.15, 0.2) is 18.2 Å². The average molecular weight is 293 g/mol. The number of halogens is 4. The summed E-state index contributed by atoms with van der Waals surface area (Å²) in [4.78, 5) is 13.6. The van der Waals surface area contributed by atoms with Gasteiger partial charge in [-0.15, -0.1) is 12.4 Å². The summed E-state index contributed by atoms with van der Waals surface area (Å²) in [6.07, 6.45) is -4.48. The number of hydrogen-bond acceptors (Lipinski definition) is 2. The van der Waals surface area contributed by atoms with E-state index in [0.29, 0.717) is 25.2 Å². The summed E-state index contributed by atoms with van der Waals surface area (Å²) >= 11 is 0. The number of amides is 1. The third-order valence-corrected chi connectivity index (χ3v) is 3.48. The van der Waals surface area contributed by atoms with E-state index in [1.165, 1.54) is 11.0 Å². The SMILES string of the molecule is Cl.O=C1c2c(cccc2C(F)(F)F)C2CNCCN12. The maximum atomic E-state index is 12.9. The van der Waals surface area contributed by atoms with Crippen molar-refractivity contribution in [1.29, 1.82) is 0 Å². The van der Waals surface area contributed by atoms with Crippen molar-refractivity contribution in [3.8, 4) is 0 Å². The van der Waals surface area contributed by atoms with E-state index >= 15 is 0 Å². The van der Waals surface area contributed by atoms with Crippen LogP contribution in [0.25, 0.3) is 0 Å². The molecular weight excluding hydrogens is 281 g/mol. The van der Waals surface area contributed by atoms with Crippen molar-refractivity contribution in [3.63, 3.8) is 0 Å². The van der Waals surface area contributed by atoms with Gasteiger partial charge in [0.25, 0.3) is 5.91 Å². The molecule has 1 fully saturated rings. The van der Waals surface area contributed by atoms with Crippen molar-refractivity contribution in [3.05, 3.63) is 34.9 Å². The lowest BCUT2D eigenvalue weighted by atomic mass is 9.99. The number of carbonyl (C=O) groups excluding carboxylic acids is 1. The first kappa shape index (κ1) is 14.1. The van der Waals surface area contributed by atoms with Crippen molar-refractivity contribution in [1.82, 2.24) is 10.2 Å². The summed E-state index contributed by atoms with van der Waals surface area (Å²) in [5.74, 6) is -0.496. The van der Waals surface area contributed by atoms with Gasteiger partial charge in [0.05, 0.1) is 17.2 Å². The Hall–Kier alpha value is -1.27. The molecule has 0 aromatic heterocycles. The molecule has 7 heteroatoms. The molecule has 0 bridgehead atoms. The molecule has 0 saturated carbocycles. The number of rotatable bonds is 0. The Kier molecular flexibility index (Phi) is 3.49. The monoisotopic (exact) mass is 292 g/mol. The number of benzene rings is 1. The van der Waals surface area contributed by atoms with E-state index in [9.17, 15) is 18.0 Å². The van der Waals surface area contributed by atoms with E-state index in [1.807, 2.05) is 0 Å². The van der Waals surface area contributed by atoms with Gasteiger partial charge in [-0.1, -0.05) is 12.1 Å². The molecule has 3 rings (SSSR count). The van der Waals surface area contributed by atoms with Gasteiger partial charge in [0, 0.05) is 19.6 Å². The van der Waals surface area contributed by atoms with Gasteiger partial charge in [-0.05, 0) is 11.6 Å². The lowest BCUT2D eigenvalue weighted by Crippen LogP contribution is -2.44. The van der Waals surface area contributed by atoms with Crippen LogP contribution in [0.2, 0.25) is 0 Å². The van der Waals surface area contributed by atoms with E-state index in [0.717, 1.165) is 6.07 Å². The van der Waals surface area contributed by atoms with Gasteiger partial charge in [-0.25, -0.2) is 0 Å². The van der Waals surface area contributed by atoms with E-state index < -0.39 is 17.6 Å². The van der Waals surface area contributed by atoms with Crippen molar-refractivity contribution in [2.45, 2.75) is 12.2 Å². The van der Waals surface area contributed by atoms with Crippen molar-refractivity contribution < 1.29 is 18.0 Å². The lowest BCUT2D eigenvalue weighted by molar-refractivity contribution is -0.137. The van der Waals surface area contributed by atoms with Gasteiger partial charge in [0.2, 0.25) is 0 Å². The molecule has 1 amide bonds. The fourth-order valence-electron chi connectivity index (χ4n) is 2.69. The van der Waals surface area contributed by atoms with Crippen LogP contribution in [-0.4, -0.2) is 30.4 Å². The molecule has 1 N–H and O–H groups in total. The number of nitrogens with one attached hydrogen (secondary N) is 1. The molecule has 0 spiro atoms. The number of alkyl halides is 3. The van der Waals surface area contributed by atoms with Crippen molar-refractivity contribution >= 4 is 18.3 Å².